The number of aryl methyl sites for hydroxylation is 3. The highest BCUT2D eigenvalue weighted by Gasteiger charge is 2.04. The molecule has 0 aliphatic heterocycles. The zero-order chi connectivity index (χ0) is 14.0. The van der Waals surface area contributed by atoms with Gasteiger partial charge in [0.15, 0.2) is 0 Å². The van der Waals surface area contributed by atoms with Crippen molar-refractivity contribution in [3.8, 4) is 5.75 Å². The number of hydrogen-bond donors (Lipinski definition) is 2. The normalized spacial score (nSPS) is 10.5. The monoisotopic (exact) mass is 367 g/mol. The molecule has 0 radical (unpaired) electrons. The van der Waals surface area contributed by atoms with Crippen molar-refractivity contribution in [3.05, 3.63) is 56.2 Å². The summed E-state index contributed by atoms with van der Waals surface area (Å²) in [7, 11) is 0. The van der Waals surface area contributed by atoms with Gasteiger partial charge in [-0.05, 0) is 83.8 Å². The zero-order valence-corrected chi connectivity index (χ0v) is 13.6. The second-order valence-electron chi connectivity index (χ2n) is 4.89. The van der Waals surface area contributed by atoms with Gasteiger partial charge in [0.2, 0.25) is 0 Å². The van der Waals surface area contributed by atoms with E-state index in [2.05, 4.69) is 53.0 Å². The molecular formula is C16H18INO. The molecule has 0 atom stereocenters. The number of phenolic OH excluding ortho intramolecular Hbond substituents is 1. The smallest absolute Gasteiger partial charge is 0.121 e. The van der Waals surface area contributed by atoms with Crippen LogP contribution >= 0.6 is 22.6 Å². The van der Waals surface area contributed by atoms with Crippen LogP contribution in [0.3, 0.4) is 0 Å². The van der Waals surface area contributed by atoms with E-state index in [1.807, 2.05) is 26.0 Å². The molecule has 0 bridgehead atoms. The van der Waals surface area contributed by atoms with Crippen molar-refractivity contribution in [1.82, 2.24) is 0 Å². The van der Waals surface area contributed by atoms with Gasteiger partial charge in [-0.15, -0.1) is 0 Å². The van der Waals surface area contributed by atoms with Crippen molar-refractivity contribution in [2.45, 2.75) is 27.3 Å². The van der Waals surface area contributed by atoms with E-state index in [0.717, 1.165) is 23.4 Å². The SMILES string of the molecule is Cc1cc(I)ccc1NCc1cc(C)c(O)c(C)c1. The van der Waals surface area contributed by atoms with E-state index in [0.29, 0.717) is 5.75 Å². The molecule has 0 amide bonds. The van der Waals surface area contributed by atoms with Crippen LogP contribution in [0.2, 0.25) is 0 Å². The summed E-state index contributed by atoms with van der Waals surface area (Å²) in [6.45, 7) is 6.74. The van der Waals surface area contributed by atoms with Gasteiger partial charge in [-0.3, -0.25) is 0 Å². The van der Waals surface area contributed by atoms with Crippen molar-refractivity contribution < 1.29 is 5.11 Å². The molecule has 0 aromatic heterocycles. The van der Waals surface area contributed by atoms with E-state index >= 15 is 0 Å². The van der Waals surface area contributed by atoms with Crippen LogP contribution in [0.4, 0.5) is 5.69 Å². The molecule has 0 heterocycles. The van der Waals surface area contributed by atoms with Crippen LogP contribution < -0.4 is 5.32 Å². The lowest BCUT2D eigenvalue weighted by Gasteiger charge is -2.12. The molecule has 0 spiro atoms. The minimum Gasteiger partial charge on any atom is -0.507 e. The van der Waals surface area contributed by atoms with Crippen LogP contribution in [0.5, 0.6) is 5.75 Å². The predicted molar refractivity (Wildman–Crippen MR) is 88.8 cm³/mol. The van der Waals surface area contributed by atoms with E-state index in [4.69, 9.17) is 0 Å². The van der Waals surface area contributed by atoms with Gasteiger partial charge in [0, 0.05) is 15.8 Å². The third kappa shape index (κ3) is 3.41. The number of halogens is 1. The van der Waals surface area contributed by atoms with Gasteiger partial charge in [0.25, 0.3) is 0 Å². The summed E-state index contributed by atoms with van der Waals surface area (Å²) in [6, 6.07) is 10.4. The molecule has 0 fully saturated rings. The van der Waals surface area contributed by atoms with Crippen LogP contribution in [-0.4, -0.2) is 5.11 Å². The fourth-order valence-corrected chi connectivity index (χ4v) is 2.82. The summed E-state index contributed by atoms with van der Waals surface area (Å²) in [5, 5.41) is 13.2. The quantitative estimate of drug-likeness (QED) is 0.781. The van der Waals surface area contributed by atoms with Crippen LogP contribution in [0, 0.1) is 24.3 Å². The van der Waals surface area contributed by atoms with Crippen LogP contribution in [0.1, 0.15) is 22.3 Å². The Morgan fingerprint density at radius 3 is 2.21 bits per heavy atom. The number of phenols is 1. The van der Waals surface area contributed by atoms with Crippen molar-refractivity contribution in [2.75, 3.05) is 5.32 Å². The van der Waals surface area contributed by atoms with Crippen LogP contribution in [-0.2, 0) is 6.54 Å². The maximum Gasteiger partial charge on any atom is 0.121 e. The Labute approximate surface area is 128 Å². The van der Waals surface area contributed by atoms with Gasteiger partial charge in [0.05, 0.1) is 0 Å². The average molecular weight is 367 g/mol. The molecule has 0 aliphatic carbocycles. The minimum absolute atomic E-state index is 0.397. The summed E-state index contributed by atoms with van der Waals surface area (Å²) >= 11 is 2.32. The summed E-state index contributed by atoms with van der Waals surface area (Å²) in [5.41, 5.74) is 5.45. The summed E-state index contributed by atoms with van der Waals surface area (Å²) in [6.07, 6.45) is 0. The summed E-state index contributed by atoms with van der Waals surface area (Å²) in [4.78, 5) is 0. The summed E-state index contributed by atoms with van der Waals surface area (Å²) in [5.74, 6) is 0.397. The average Bonchev–Trinajstić information content (AvgIpc) is 2.34. The molecule has 0 saturated carbocycles. The first-order valence-corrected chi connectivity index (χ1v) is 7.34. The molecule has 0 unspecified atom stereocenters. The number of benzene rings is 2. The molecule has 0 aliphatic rings. The second kappa shape index (κ2) is 5.82. The van der Waals surface area contributed by atoms with Gasteiger partial charge in [0.1, 0.15) is 5.75 Å². The number of anilines is 1. The van der Waals surface area contributed by atoms with Crippen molar-refractivity contribution >= 4 is 28.3 Å². The van der Waals surface area contributed by atoms with Gasteiger partial charge >= 0.3 is 0 Å². The molecular weight excluding hydrogens is 349 g/mol. The fourth-order valence-electron chi connectivity index (χ4n) is 2.17. The predicted octanol–water partition coefficient (Wildman–Crippen LogP) is 4.53. The van der Waals surface area contributed by atoms with Gasteiger partial charge < -0.3 is 10.4 Å². The Bertz CT molecular complexity index is 585. The molecule has 2 aromatic rings. The highest BCUT2D eigenvalue weighted by Crippen LogP contribution is 2.24. The number of hydrogen-bond acceptors (Lipinski definition) is 2. The Morgan fingerprint density at radius 2 is 1.63 bits per heavy atom. The van der Waals surface area contributed by atoms with Crippen molar-refractivity contribution in [3.63, 3.8) is 0 Å². The van der Waals surface area contributed by atoms with E-state index in [9.17, 15) is 5.11 Å². The minimum atomic E-state index is 0.397. The Kier molecular flexibility index (Phi) is 4.34. The van der Waals surface area contributed by atoms with E-state index < -0.39 is 0 Å². The fraction of sp³-hybridized carbons (Fsp3) is 0.250. The number of aromatic hydroxyl groups is 1. The van der Waals surface area contributed by atoms with Crippen molar-refractivity contribution in [1.29, 1.82) is 0 Å². The lowest BCUT2D eigenvalue weighted by Crippen LogP contribution is -2.02. The third-order valence-corrected chi connectivity index (χ3v) is 3.89. The molecule has 100 valence electrons. The van der Waals surface area contributed by atoms with Gasteiger partial charge in [-0.25, -0.2) is 0 Å². The molecule has 2 N–H and O–H groups in total. The van der Waals surface area contributed by atoms with Gasteiger partial charge in [-0.1, -0.05) is 12.1 Å². The zero-order valence-electron chi connectivity index (χ0n) is 11.4. The maximum atomic E-state index is 9.77. The highest BCUT2D eigenvalue weighted by molar-refractivity contribution is 14.1. The first-order valence-electron chi connectivity index (χ1n) is 6.26. The molecule has 2 aromatic carbocycles. The van der Waals surface area contributed by atoms with E-state index in [1.165, 1.54) is 14.7 Å². The second-order valence-corrected chi connectivity index (χ2v) is 6.14. The topological polar surface area (TPSA) is 32.3 Å². The molecule has 19 heavy (non-hydrogen) atoms. The van der Waals surface area contributed by atoms with Crippen molar-refractivity contribution in [2.24, 2.45) is 0 Å². The van der Waals surface area contributed by atoms with E-state index in [-0.39, 0.29) is 0 Å². The standard InChI is InChI=1S/C16H18INO/c1-10-8-14(17)4-5-15(10)18-9-13-6-11(2)16(19)12(3)7-13/h4-8,18-19H,9H2,1-3H3. The molecule has 0 saturated heterocycles. The Hall–Kier alpha value is -1.23. The third-order valence-electron chi connectivity index (χ3n) is 3.22. The summed E-state index contributed by atoms with van der Waals surface area (Å²) < 4.78 is 1.25. The van der Waals surface area contributed by atoms with Crippen LogP contribution in [0.15, 0.2) is 30.3 Å². The Balaban J connectivity index is 2.14. The van der Waals surface area contributed by atoms with Gasteiger partial charge in [-0.2, -0.15) is 0 Å². The molecule has 2 rings (SSSR count). The number of nitrogens with one attached hydrogen (secondary N) is 1. The Morgan fingerprint density at radius 1 is 1.00 bits per heavy atom. The lowest BCUT2D eigenvalue weighted by molar-refractivity contribution is 0.466. The molecule has 2 nitrogen and oxygen atoms in total. The highest BCUT2D eigenvalue weighted by atomic mass is 127. The lowest BCUT2D eigenvalue weighted by atomic mass is 10.1. The first-order chi connectivity index (χ1) is 8.97. The first kappa shape index (κ1) is 14.2. The largest absolute Gasteiger partial charge is 0.507 e. The van der Waals surface area contributed by atoms with Crippen LogP contribution in [0.25, 0.3) is 0 Å². The molecule has 3 heteroatoms. The maximum absolute atomic E-state index is 9.77. The number of rotatable bonds is 3. The van der Waals surface area contributed by atoms with E-state index in [1.54, 1.807) is 0 Å².